The molecule has 1 amide bonds. The van der Waals surface area contributed by atoms with Crippen LogP contribution >= 0.6 is 23.2 Å². The predicted molar refractivity (Wildman–Crippen MR) is 141 cm³/mol. The van der Waals surface area contributed by atoms with Crippen LogP contribution in [0.4, 0.5) is 23.2 Å². The molecule has 2 atom stereocenters. The van der Waals surface area contributed by atoms with Gasteiger partial charge in [-0.15, -0.1) is 13.2 Å². The van der Waals surface area contributed by atoms with Crippen LogP contribution in [0, 0.1) is 17.3 Å². The molecule has 2 N–H and O–H groups in total. The average molecular weight is 600 g/mol. The fraction of sp³-hybridized carbons (Fsp3) is 0.360. The second-order valence-corrected chi connectivity index (χ2v) is 9.63. The Labute approximate surface area is 237 Å². The van der Waals surface area contributed by atoms with E-state index in [1.54, 1.807) is 29.3 Å². The zero-order valence-corrected chi connectivity index (χ0v) is 22.5. The van der Waals surface area contributed by atoms with Crippen LogP contribution in [0.3, 0.4) is 0 Å². The van der Waals surface area contributed by atoms with Crippen LogP contribution in [0.2, 0.25) is 10.0 Å². The molecule has 2 aromatic rings. The molecule has 1 fully saturated rings. The number of rotatable bonds is 6. The highest BCUT2D eigenvalue weighted by atomic mass is 35.5. The third kappa shape index (κ3) is 6.75. The maximum atomic E-state index is 14.6. The summed E-state index contributed by atoms with van der Waals surface area (Å²) in [5.41, 5.74) is 0.400. The van der Waals surface area contributed by atoms with Gasteiger partial charge in [0.05, 0.1) is 34.4 Å². The number of aliphatic imine (C=N–C) groups is 1. The molecule has 0 aliphatic carbocycles. The molecular weight excluding hydrogens is 577 g/mol. The molecule has 2 aliphatic heterocycles. The van der Waals surface area contributed by atoms with Crippen molar-refractivity contribution >= 4 is 46.5 Å². The monoisotopic (exact) mass is 599 g/mol. The van der Waals surface area contributed by atoms with Crippen molar-refractivity contribution in [2.45, 2.75) is 38.2 Å². The van der Waals surface area contributed by atoms with Gasteiger partial charge in [-0.05, 0) is 50.6 Å². The number of nitrogens with one attached hydrogen (secondary N) is 2. The van der Waals surface area contributed by atoms with Crippen molar-refractivity contribution in [2.75, 3.05) is 19.6 Å². The first kappa shape index (κ1) is 29.4. The van der Waals surface area contributed by atoms with E-state index < -0.39 is 29.7 Å². The van der Waals surface area contributed by atoms with Gasteiger partial charge in [0.15, 0.2) is 6.19 Å². The first-order chi connectivity index (χ1) is 19.0. The molecule has 0 radical (unpaired) electrons. The normalized spacial score (nSPS) is 19.3. The van der Waals surface area contributed by atoms with E-state index in [9.17, 15) is 27.6 Å². The number of ether oxygens (including phenoxy) is 1. The number of amides is 1. The highest BCUT2D eigenvalue weighted by molar-refractivity contribution is 6.42. The molecule has 0 spiro atoms. The van der Waals surface area contributed by atoms with Crippen molar-refractivity contribution in [3.8, 4) is 11.9 Å². The van der Waals surface area contributed by atoms with Gasteiger partial charge in [-0.2, -0.15) is 10.4 Å². The van der Waals surface area contributed by atoms with Gasteiger partial charge in [0.25, 0.3) is 0 Å². The Morgan fingerprint density at radius 2 is 2.08 bits per heavy atom. The molecule has 2 heterocycles. The molecule has 9 nitrogen and oxygen atoms in total. The first-order valence-corrected chi connectivity index (χ1v) is 12.9. The molecule has 2 aromatic carbocycles. The standard InChI is InChI=1S/C25H23Cl2F4N7O2/c1-2-37(23(39)19-4-3-9-33-19)21-12-38(36-22(21)14-5-7-16(26)17(27)10-14)24(34-13-32)35-20-11-15(6-8-18(20)28)40-25(29,30)31/h5-8,10-11,19,21,33H,2-4,9,12H2,1H3,(H,34,35)/t19-,21?/m1/s1. The number of hydrogen-bond donors (Lipinski definition) is 2. The Bertz CT molecular complexity index is 1370. The lowest BCUT2D eigenvalue weighted by Crippen LogP contribution is -2.53. The van der Waals surface area contributed by atoms with E-state index in [1.807, 2.05) is 6.92 Å². The largest absolute Gasteiger partial charge is 0.573 e. The summed E-state index contributed by atoms with van der Waals surface area (Å²) in [6.45, 7) is 2.84. The third-order valence-corrected chi connectivity index (χ3v) is 6.99. The number of hydrogen-bond acceptors (Lipinski definition) is 6. The van der Waals surface area contributed by atoms with Gasteiger partial charge in [0.1, 0.15) is 17.3 Å². The molecule has 0 bridgehead atoms. The number of likely N-dealkylation sites (N-methyl/N-ethyl adjacent to an activating group) is 1. The second-order valence-electron chi connectivity index (χ2n) is 8.82. The minimum Gasteiger partial charge on any atom is -0.406 e. The van der Waals surface area contributed by atoms with Gasteiger partial charge in [0, 0.05) is 18.2 Å². The lowest BCUT2D eigenvalue weighted by atomic mass is 10.0. The van der Waals surface area contributed by atoms with Crippen LogP contribution in [0.1, 0.15) is 25.3 Å². The number of halogens is 6. The van der Waals surface area contributed by atoms with Crippen molar-refractivity contribution < 1.29 is 27.1 Å². The molecule has 40 heavy (non-hydrogen) atoms. The number of carbonyl (C=O) groups excluding carboxylic acids is 1. The molecule has 1 unspecified atom stereocenters. The summed E-state index contributed by atoms with van der Waals surface area (Å²) >= 11 is 12.3. The minimum atomic E-state index is -5.00. The van der Waals surface area contributed by atoms with Crippen LogP contribution in [0.15, 0.2) is 46.5 Å². The summed E-state index contributed by atoms with van der Waals surface area (Å²) in [7, 11) is 0. The molecule has 15 heteroatoms. The fourth-order valence-corrected chi connectivity index (χ4v) is 4.79. The maximum Gasteiger partial charge on any atom is 0.573 e. The third-order valence-electron chi connectivity index (χ3n) is 6.25. The molecule has 212 valence electrons. The number of nitrogens with zero attached hydrogens (tertiary/aromatic N) is 5. The maximum absolute atomic E-state index is 14.6. The zero-order valence-electron chi connectivity index (χ0n) is 21.0. The number of benzene rings is 2. The van der Waals surface area contributed by atoms with Gasteiger partial charge in [-0.25, -0.2) is 14.4 Å². The summed E-state index contributed by atoms with van der Waals surface area (Å²) < 4.78 is 56.5. The van der Waals surface area contributed by atoms with Gasteiger partial charge >= 0.3 is 6.36 Å². The zero-order chi connectivity index (χ0) is 29.0. The molecular formula is C25H23Cl2F4N7O2. The molecule has 2 aliphatic rings. The lowest BCUT2D eigenvalue weighted by molar-refractivity contribution is -0.274. The van der Waals surface area contributed by atoms with Crippen LogP contribution in [-0.2, 0) is 4.79 Å². The fourth-order valence-electron chi connectivity index (χ4n) is 4.49. The Morgan fingerprint density at radius 1 is 1.30 bits per heavy atom. The molecule has 4 rings (SSSR count). The van der Waals surface area contributed by atoms with Crippen molar-refractivity contribution in [1.82, 2.24) is 20.5 Å². The lowest BCUT2D eigenvalue weighted by Gasteiger charge is -2.31. The van der Waals surface area contributed by atoms with E-state index in [-0.39, 0.29) is 29.5 Å². The average Bonchev–Trinajstić information content (AvgIpc) is 3.58. The Balaban J connectivity index is 1.75. The van der Waals surface area contributed by atoms with Crippen molar-refractivity contribution in [3.05, 3.63) is 57.8 Å². The van der Waals surface area contributed by atoms with Crippen LogP contribution in [-0.4, -0.2) is 65.6 Å². The van der Waals surface area contributed by atoms with E-state index in [1.165, 1.54) is 5.01 Å². The number of alkyl halides is 3. The van der Waals surface area contributed by atoms with E-state index >= 15 is 0 Å². The van der Waals surface area contributed by atoms with E-state index in [0.29, 0.717) is 35.8 Å². The molecule has 0 aromatic heterocycles. The Morgan fingerprint density at radius 3 is 2.70 bits per heavy atom. The second kappa shape index (κ2) is 12.3. The van der Waals surface area contributed by atoms with Gasteiger partial charge in [-0.1, -0.05) is 29.3 Å². The number of carbonyl (C=O) groups is 1. The molecule has 0 saturated carbocycles. The van der Waals surface area contributed by atoms with E-state index in [2.05, 4.69) is 25.5 Å². The van der Waals surface area contributed by atoms with Gasteiger partial charge < -0.3 is 15.0 Å². The SMILES string of the molecule is CCN(C(=O)[C@H]1CCCN1)C1CN(C(=Nc2cc(OC(F)(F)F)ccc2F)NC#N)N=C1c1ccc(Cl)c(Cl)c1. The van der Waals surface area contributed by atoms with Gasteiger partial charge in [0.2, 0.25) is 11.9 Å². The van der Waals surface area contributed by atoms with E-state index in [4.69, 9.17) is 23.2 Å². The summed E-state index contributed by atoms with van der Waals surface area (Å²) in [5, 5.41) is 21.2. The summed E-state index contributed by atoms with van der Waals surface area (Å²) in [6, 6.07) is 6.10. The number of hydrazone groups is 1. The first-order valence-electron chi connectivity index (χ1n) is 12.1. The Hall–Kier alpha value is -3.60. The smallest absolute Gasteiger partial charge is 0.406 e. The quantitative estimate of drug-likeness (QED) is 0.163. The number of guanidine groups is 1. The topological polar surface area (TPSA) is 105 Å². The summed E-state index contributed by atoms with van der Waals surface area (Å²) in [5.74, 6) is -2.09. The summed E-state index contributed by atoms with van der Waals surface area (Å²) in [4.78, 5) is 19.1. The highest BCUT2D eigenvalue weighted by Crippen LogP contribution is 2.30. The van der Waals surface area contributed by atoms with Crippen molar-refractivity contribution in [1.29, 1.82) is 5.26 Å². The minimum absolute atomic E-state index is 0.00421. The Kier molecular flexibility index (Phi) is 9.02. The number of nitriles is 1. The van der Waals surface area contributed by atoms with Crippen LogP contribution < -0.4 is 15.4 Å². The van der Waals surface area contributed by atoms with Gasteiger partial charge in [-0.3, -0.25) is 10.1 Å². The summed E-state index contributed by atoms with van der Waals surface area (Å²) in [6.07, 6.45) is -1.80. The van der Waals surface area contributed by atoms with Crippen LogP contribution in [0.25, 0.3) is 0 Å². The van der Waals surface area contributed by atoms with Crippen molar-refractivity contribution in [2.24, 2.45) is 10.1 Å². The van der Waals surface area contributed by atoms with Crippen LogP contribution in [0.5, 0.6) is 5.75 Å². The van der Waals surface area contributed by atoms with Crippen molar-refractivity contribution in [3.63, 3.8) is 0 Å². The highest BCUT2D eigenvalue weighted by Gasteiger charge is 2.39. The molecule has 1 saturated heterocycles. The predicted octanol–water partition coefficient (Wildman–Crippen LogP) is 4.78. The van der Waals surface area contributed by atoms with E-state index in [0.717, 1.165) is 24.6 Å².